The molecule has 0 aliphatic rings. The average Bonchev–Trinajstić information content (AvgIpc) is 2.86. The highest BCUT2D eigenvalue weighted by Crippen LogP contribution is 2.17. The summed E-state index contributed by atoms with van der Waals surface area (Å²) in [6, 6.07) is 15.3. The van der Waals surface area contributed by atoms with E-state index in [0.29, 0.717) is 13.1 Å². The number of carbonyl (C=O) groups excluding carboxylic acids is 1. The lowest BCUT2D eigenvalue weighted by Gasteiger charge is -2.07. The van der Waals surface area contributed by atoms with Crippen molar-refractivity contribution in [3.8, 4) is 0 Å². The minimum Gasteiger partial charge on any atom is -0.325 e. The summed E-state index contributed by atoms with van der Waals surface area (Å²) in [7, 11) is 0. The van der Waals surface area contributed by atoms with Gasteiger partial charge in [-0.25, -0.2) is 4.79 Å². The molecular formula is C18H18IN3O2. The third kappa shape index (κ3) is 3.24. The van der Waals surface area contributed by atoms with E-state index in [1.807, 2.05) is 55.5 Å². The molecule has 0 saturated heterocycles. The predicted octanol–water partition coefficient (Wildman–Crippen LogP) is 3.46. The molecule has 1 amide bonds. The van der Waals surface area contributed by atoms with Crippen molar-refractivity contribution in [1.82, 2.24) is 9.13 Å². The molecule has 1 N–H and O–H groups in total. The van der Waals surface area contributed by atoms with Gasteiger partial charge in [0.15, 0.2) is 0 Å². The Kier molecular flexibility index (Phi) is 5.03. The van der Waals surface area contributed by atoms with Gasteiger partial charge in [-0.15, -0.1) is 0 Å². The molecule has 0 bridgehead atoms. The van der Waals surface area contributed by atoms with E-state index in [2.05, 4.69) is 27.9 Å². The second kappa shape index (κ2) is 7.21. The molecule has 1 aromatic heterocycles. The molecule has 6 heteroatoms. The number of benzene rings is 2. The molecule has 124 valence electrons. The molecule has 1 heterocycles. The van der Waals surface area contributed by atoms with E-state index < -0.39 is 0 Å². The highest BCUT2D eigenvalue weighted by molar-refractivity contribution is 14.1. The van der Waals surface area contributed by atoms with Gasteiger partial charge < -0.3 is 5.32 Å². The molecule has 3 aromatic rings. The predicted molar refractivity (Wildman–Crippen MR) is 104 cm³/mol. The third-order valence-electron chi connectivity index (χ3n) is 3.95. The first kappa shape index (κ1) is 16.8. The number of nitrogens with one attached hydrogen (secondary N) is 1. The first-order chi connectivity index (χ1) is 11.6. The minimum absolute atomic E-state index is 0.0687. The quantitative estimate of drug-likeness (QED) is 0.625. The van der Waals surface area contributed by atoms with Crippen molar-refractivity contribution in [3.63, 3.8) is 0 Å². The van der Waals surface area contributed by atoms with Crippen LogP contribution in [0.2, 0.25) is 0 Å². The molecule has 0 aliphatic heterocycles. The van der Waals surface area contributed by atoms with E-state index in [1.54, 1.807) is 9.13 Å². The van der Waals surface area contributed by atoms with E-state index in [-0.39, 0.29) is 18.0 Å². The summed E-state index contributed by atoms with van der Waals surface area (Å²) in [5.41, 5.74) is 2.50. The maximum absolute atomic E-state index is 12.5. The zero-order valence-electron chi connectivity index (χ0n) is 13.3. The second-order valence-electron chi connectivity index (χ2n) is 5.45. The van der Waals surface area contributed by atoms with E-state index in [1.165, 1.54) is 0 Å². The summed E-state index contributed by atoms with van der Waals surface area (Å²) in [5.74, 6) is -0.0978. The molecule has 5 nitrogen and oxygen atoms in total. The number of amides is 1. The van der Waals surface area contributed by atoms with Crippen LogP contribution < -0.4 is 11.0 Å². The highest BCUT2D eigenvalue weighted by Gasteiger charge is 2.13. The van der Waals surface area contributed by atoms with Crippen molar-refractivity contribution < 1.29 is 4.79 Å². The number of imidazole rings is 1. The summed E-state index contributed by atoms with van der Waals surface area (Å²) in [6.07, 6.45) is 0.253. The molecule has 0 atom stereocenters. The average molecular weight is 435 g/mol. The van der Waals surface area contributed by atoms with Gasteiger partial charge in [-0.3, -0.25) is 13.9 Å². The Bertz CT molecular complexity index is 943. The second-order valence-corrected chi connectivity index (χ2v) is 6.61. The van der Waals surface area contributed by atoms with Gasteiger partial charge in [-0.1, -0.05) is 24.3 Å². The molecule has 24 heavy (non-hydrogen) atoms. The van der Waals surface area contributed by atoms with Crippen molar-refractivity contribution in [3.05, 3.63) is 62.6 Å². The summed E-state index contributed by atoms with van der Waals surface area (Å²) >= 11 is 2.19. The largest absolute Gasteiger partial charge is 0.329 e. The summed E-state index contributed by atoms with van der Waals surface area (Å²) in [5, 5.41) is 2.90. The van der Waals surface area contributed by atoms with Gasteiger partial charge in [0.1, 0.15) is 0 Å². The van der Waals surface area contributed by atoms with Crippen LogP contribution in [0.15, 0.2) is 53.3 Å². The van der Waals surface area contributed by atoms with E-state index in [0.717, 1.165) is 20.3 Å². The summed E-state index contributed by atoms with van der Waals surface area (Å²) < 4.78 is 4.39. The maximum Gasteiger partial charge on any atom is 0.329 e. The number of rotatable bonds is 5. The zero-order chi connectivity index (χ0) is 17.1. The molecule has 0 unspecified atom stereocenters. The van der Waals surface area contributed by atoms with Gasteiger partial charge in [0.05, 0.1) is 16.7 Å². The zero-order valence-corrected chi connectivity index (χ0v) is 15.5. The standard InChI is InChI=1S/C18H18IN3O2/c1-2-21-15-9-5-6-10-16(15)22(18(21)24)12-11-17(23)20-14-8-4-3-7-13(14)19/h3-10H,2,11-12H2,1H3,(H,20,23). The monoisotopic (exact) mass is 435 g/mol. The van der Waals surface area contributed by atoms with Crippen LogP contribution >= 0.6 is 22.6 Å². The van der Waals surface area contributed by atoms with Crippen molar-refractivity contribution in [1.29, 1.82) is 0 Å². The fourth-order valence-corrected chi connectivity index (χ4v) is 3.31. The van der Waals surface area contributed by atoms with Gasteiger partial charge in [0.25, 0.3) is 0 Å². The van der Waals surface area contributed by atoms with Gasteiger partial charge in [0.2, 0.25) is 5.91 Å². The number of carbonyl (C=O) groups is 1. The topological polar surface area (TPSA) is 56.0 Å². The molecule has 0 radical (unpaired) electrons. The van der Waals surface area contributed by atoms with Gasteiger partial charge in [-0.05, 0) is 53.8 Å². The maximum atomic E-state index is 12.5. The summed E-state index contributed by atoms with van der Waals surface area (Å²) in [6.45, 7) is 2.92. The fraction of sp³-hybridized carbons (Fsp3) is 0.222. The van der Waals surface area contributed by atoms with Crippen LogP contribution in [0.25, 0.3) is 11.0 Å². The molecule has 0 saturated carbocycles. The van der Waals surface area contributed by atoms with Gasteiger partial charge in [0, 0.05) is 23.1 Å². The molecule has 0 fully saturated rings. The number of hydrogen-bond acceptors (Lipinski definition) is 2. The van der Waals surface area contributed by atoms with Crippen LogP contribution in [0.3, 0.4) is 0 Å². The third-order valence-corrected chi connectivity index (χ3v) is 4.89. The highest BCUT2D eigenvalue weighted by atomic mass is 127. The summed E-state index contributed by atoms with van der Waals surface area (Å²) in [4.78, 5) is 24.8. The van der Waals surface area contributed by atoms with Gasteiger partial charge in [-0.2, -0.15) is 0 Å². The first-order valence-corrected chi connectivity index (χ1v) is 8.92. The number of aromatic nitrogens is 2. The molecule has 2 aromatic carbocycles. The smallest absolute Gasteiger partial charge is 0.325 e. The number of aryl methyl sites for hydroxylation is 2. The van der Waals surface area contributed by atoms with E-state index >= 15 is 0 Å². The van der Waals surface area contributed by atoms with Crippen LogP contribution in [0.1, 0.15) is 13.3 Å². The number of nitrogens with zero attached hydrogens (tertiary/aromatic N) is 2. The van der Waals surface area contributed by atoms with Crippen molar-refractivity contribution >= 4 is 45.2 Å². The Morgan fingerprint density at radius 3 is 2.33 bits per heavy atom. The number of anilines is 1. The van der Waals surface area contributed by atoms with Crippen molar-refractivity contribution in [2.45, 2.75) is 26.4 Å². The number of para-hydroxylation sites is 3. The molecule has 0 spiro atoms. The Morgan fingerprint density at radius 2 is 1.67 bits per heavy atom. The van der Waals surface area contributed by atoms with Crippen molar-refractivity contribution in [2.24, 2.45) is 0 Å². The minimum atomic E-state index is -0.0978. The Hall–Kier alpha value is -2.09. The number of halogens is 1. The number of fused-ring (bicyclic) bond motifs is 1. The molecular weight excluding hydrogens is 417 g/mol. The molecule has 3 rings (SSSR count). The van der Waals surface area contributed by atoms with Crippen molar-refractivity contribution in [2.75, 3.05) is 5.32 Å². The Morgan fingerprint density at radius 1 is 1.04 bits per heavy atom. The SMILES string of the molecule is CCn1c(=O)n(CCC(=O)Nc2ccccc2I)c2ccccc21. The van der Waals surface area contributed by atoms with Crippen LogP contribution in [0.5, 0.6) is 0 Å². The van der Waals surface area contributed by atoms with E-state index in [4.69, 9.17) is 0 Å². The Balaban J connectivity index is 1.79. The van der Waals surface area contributed by atoms with Crippen LogP contribution in [-0.2, 0) is 17.9 Å². The molecule has 0 aliphatic carbocycles. The van der Waals surface area contributed by atoms with Crippen LogP contribution in [0, 0.1) is 3.57 Å². The normalized spacial score (nSPS) is 10.9. The number of hydrogen-bond donors (Lipinski definition) is 1. The van der Waals surface area contributed by atoms with Crippen LogP contribution in [-0.4, -0.2) is 15.0 Å². The lowest BCUT2D eigenvalue weighted by atomic mass is 10.3. The fourth-order valence-electron chi connectivity index (χ4n) is 2.78. The van der Waals surface area contributed by atoms with E-state index in [9.17, 15) is 9.59 Å². The first-order valence-electron chi connectivity index (χ1n) is 7.84. The lowest BCUT2D eigenvalue weighted by molar-refractivity contribution is -0.116. The Labute approximate surface area is 153 Å². The lowest BCUT2D eigenvalue weighted by Crippen LogP contribution is -2.25. The van der Waals surface area contributed by atoms with Crippen LogP contribution in [0.4, 0.5) is 5.69 Å². The van der Waals surface area contributed by atoms with Gasteiger partial charge >= 0.3 is 5.69 Å².